The van der Waals surface area contributed by atoms with Crippen molar-refractivity contribution in [2.75, 3.05) is 13.2 Å². The number of hydrogen-bond donors (Lipinski definition) is 2. The van der Waals surface area contributed by atoms with Gasteiger partial charge in [-0.2, -0.15) is 0 Å². The highest BCUT2D eigenvalue weighted by atomic mass is 16.5. The zero-order chi connectivity index (χ0) is 16.1. The second kappa shape index (κ2) is 7.01. The minimum absolute atomic E-state index is 0.0774. The monoisotopic (exact) mass is 308 g/mol. The van der Waals surface area contributed by atoms with Gasteiger partial charge in [-0.25, -0.2) is 0 Å². The standard InChI is InChI=1S/C19H20N2O2/c1-2-23-16-7-5-6-14(12-16)19(22)20-11-10-15-13-21-18-9-4-3-8-17(15)18/h3-9,12-13,21H,2,10-11H2,1H3,(H,20,22). The maximum absolute atomic E-state index is 12.2. The van der Waals surface area contributed by atoms with E-state index in [9.17, 15) is 4.79 Å². The van der Waals surface area contributed by atoms with Crippen LogP contribution in [0.5, 0.6) is 5.75 Å². The third kappa shape index (κ3) is 3.54. The second-order valence-corrected chi connectivity index (χ2v) is 5.33. The molecule has 0 aliphatic rings. The molecule has 1 amide bonds. The highest BCUT2D eigenvalue weighted by molar-refractivity contribution is 5.94. The summed E-state index contributed by atoms with van der Waals surface area (Å²) < 4.78 is 5.42. The fourth-order valence-corrected chi connectivity index (χ4v) is 2.65. The van der Waals surface area contributed by atoms with Crippen LogP contribution in [0.1, 0.15) is 22.8 Å². The van der Waals surface area contributed by atoms with Crippen molar-refractivity contribution in [3.63, 3.8) is 0 Å². The number of nitrogens with one attached hydrogen (secondary N) is 2. The molecule has 1 heterocycles. The molecule has 3 rings (SSSR count). The Kier molecular flexibility index (Phi) is 4.62. The molecule has 0 fully saturated rings. The molecule has 3 aromatic rings. The molecule has 0 spiro atoms. The molecule has 2 N–H and O–H groups in total. The third-order valence-electron chi connectivity index (χ3n) is 3.76. The molecular formula is C19H20N2O2. The molecule has 4 heteroatoms. The fourth-order valence-electron chi connectivity index (χ4n) is 2.65. The average molecular weight is 308 g/mol. The SMILES string of the molecule is CCOc1cccc(C(=O)NCCc2c[nH]c3ccccc23)c1. The molecule has 1 aromatic heterocycles. The van der Waals surface area contributed by atoms with Crippen LogP contribution in [-0.2, 0) is 6.42 Å². The van der Waals surface area contributed by atoms with E-state index in [1.807, 2.05) is 37.4 Å². The topological polar surface area (TPSA) is 54.1 Å². The number of ether oxygens (including phenoxy) is 1. The summed E-state index contributed by atoms with van der Waals surface area (Å²) in [6.45, 7) is 3.11. The Morgan fingerprint density at radius 1 is 1.17 bits per heavy atom. The summed E-state index contributed by atoms with van der Waals surface area (Å²) in [4.78, 5) is 15.5. The number of carbonyl (C=O) groups excluding carboxylic acids is 1. The Morgan fingerprint density at radius 3 is 2.91 bits per heavy atom. The molecule has 0 aliphatic carbocycles. The zero-order valence-electron chi connectivity index (χ0n) is 13.1. The summed E-state index contributed by atoms with van der Waals surface area (Å²) in [6, 6.07) is 15.4. The normalized spacial score (nSPS) is 10.7. The first-order valence-corrected chi connectivity index (χ1v) is 7.84. The first-order valence-electron chi connectivity index (χ1n) is 7.84. The van der Waals surface area contributed by atoms with Crippen LogP contribution >= 0.6 is 0 Å². The van der Waals surface area contributed by atoms with Gasteiger partial charge in [0.1, 0.15) is 5.75 Å². The van der Waals surface area contributed by atoms with Crippen LogP contribution in [0.4, 0.5) is 0 Å². The lowest BCUT2D eigenvalue weighted by molar-refractivity contribution is 0.0953. The van der Waals surface area contributed by atoms with Gasteiger partial charge >= 0.3 is 0 Å². The summed E-state index contributed by atoms with van der Waals surface area (Å²) in [5, 5.41) is 4.17. The lowest BCUT2D eigenvalue weighted by Crippen LogP contribution is -2.25. The van der Waals surface area contributed by atoms with Crippen molar-refractivity contribution in [2.24, 2.45) is 0 Å². The van der Waals surface area contributed by atoms with Gasteiger partial charge in [0.25, 0.3) is 5.91 Å². The Labute approximate surface area is 135 Å². The summed E-state index contributed by atoms with van der Waals surface area (Å²) in [6.07, 6.45) is 2.80. The maximum atomic E-state index is 12.2. The number of H-pyrrole nitrogens is 1. The number of benzene rings is 2. The number of amides is 1. The van der Waals surface area contributed by atoms with Gasteiger partial charge in [-0.3, -0.25) is 4.79 Å². The van der Waals surface area contributed by atoms with E-state index in [2.05, 4.69) is 22.4 Å². The first-order chi connectivity index (χ1) is 11.3. The molecule has 0 saturated carbocycles. The third-order valence-corrected chi connectivity index (χ3v) is 3.76. The molecule has 2 aromatic carbocycles. The average Bonchev–Trinajstić information content (AvgIpc) is 2.99. The Hall–Kier alpha value is -2.75. The van der Waals surface area contributed by atoms with Gasteiger partial charge in [-0.1, -0.05) is 24.3 Å². The van der Waals surface area contributed by atoms with Gasteiger partial charge in [-0.05, 0) is 43.2 Å². The van der Waals surface area contributed by atoms with E-state index in [1.54, 1.807) is 12.1 Å². The van der Waals surface area contributed by atoms with Gasteiger partial charge in [0.15, 0.2) is 0 Å². The molecule has 4 nitrogen and oxygen atoms in total. The molecule has 0 radical (unpaired) electrons. The van der Waals surface area contributed by atoms with Gasteiger partial charge < -0.3 is 15.0 Å². The molecule has 0 aliphatic heterocycles. The predicted octanol–water partition coefficient (Wildman–Crippen LogP) is 3.54. The Morgan fingerprint density at radius 2 is 2.04 bits per heavy atom. The van der Waals surface area contributed by atoms with Gasteiger partial charge in [0, 0.05) is 29.2 Å². The van der Waals surface area contributed by atoms with Crippen LogP contribution in [0.15, 0.2) is 54.7 Å². The minimum Gasteiger partial charge on any atom is -0.494 e. The number of hydrogen-bond acceptors (Lipinski definition) is 2. The van der Waals surface area contributed by atoms with Crippen LogP contribution in [0.3, 0.4) is 0 Å². The first kappa shape index (κ1) is 15.2. The summed E-state index contributed by atoms with van der Waals surface area (Å²) in [5.41, 5.74) is 2.96. The number of aromatic nitrogens is 1. The van der Waals surface area contributed by atoms with Crippen LogP contribution in [0.2, 0.25) is 0 Å². The smallest absolute Gasteiger partial charge is 0.251 e. The summed E-state index contributed by atoms with van der Waals surface area (Å²) in [7, 11) is 0. The van der Waals surface area contributed by atoms with Crippen molar-refractivity contribution in [2.45, 2.75) is 13.3 Å². The van der Waals surface area contributed by atoms with E-state index >= 15 is 0 Å². The lowest BCUT2D eigenvalue weighted by Gasteiger charge is -2.07. The second-order valence-electron chi connectivity index (χ2n) is 5.33. The van der Waals surface area contributed by atoms with Crippen molar-refractivity contribution in [1.82, 2.24) is 10.3 Å². The van der Waals surface area contributed by atoms with Gasteiger partial charge in [0.05, 0.1) is 6.61 Å². The van der Waals surface area contributed by atoms with Crippen molar-refractivity contribution in [3.8, 4) is 5.75 Å². The molecule has 0 atom stereocenters. The lowest BCUT2D eigenvalue weighted by atomic mass is 10.1. The minimum atomic E-state index is -0.0774. The van der Waals surface area contributed by atoms with E-state index in [0.29, 0.717) is 18.7 Å². The van der Waals surface area contributed by atoms with Crippen molar-refractivity contribution in [3.05, 3.63) is 65.9 Å². The Bertz CT molecular complexity index is 808. The van der Waals surface area contributed by atoms with Gasteiger partial charge in [-0.15, -0.1) is 0 Å². The zero-order valence-corrected chi connectivity index (χ0v) is 13.1. The molecule has 0 bridgehead atoms. The van der Waals surface area contributed by atoms with Crippen LogP contribution in [0.25, 0.3) is 10.9 Å². The fraction of sp³-hybridized carbons (Fsp3) is 0.211. The van der Waals surface area contributed by atoms with E-state index < -0.39 is 0 Å². The quantitative estimate of drug-likeness (QED) is 0.732. The number of para-hydroxylation sites is 1. The Balaban J connectivity index is 1.60. The van der Waals surface area contributed by atoms with Crippen molar-refractivity contribution in [1.29, 1.82) is 0 Å². The number of rotatable bonds is 6. The van der Waals surface area contributed by atoms with Crippen LogP contribution in [-0.4, -0.2) is 24.0 Å². The highest BCUT2D eigenvalue weighted by Gasteiger charge is 2.07. The summed E-state index contributed by atoms with van der Waals surface area (Å²) in [5.74, 6) is 0.642. The number of aromatic amines is 1. The maximum Gasteiger partial charge on any atom is 0.251 e. The van der Waals surface area contributed by atoms with Crippen LogP contribution in [0, 0.1) is 0 Å². The van der Waals surface area contributed by atoms with E-state index in [0.717, 1.165) is 17.7 Å². The summed E-state index contributed by atoms with van der Waals surface area (Å²) >= 11 is 0. The number of carbonyl (C=O) groups is 1. The van der Waals surface area contributed by atoms with E-state index in [-0.39, 0.29) is 5.91 Å². The molecule has 23 heavy (non-hydrogen) atoms. The van der Waals surface area contributed by atoms with Crippen molar-refractivity contribution >= 4 is 16.8 Å². The molecule has 0 unspecified atom stereocenters. The van der Waals surface area contributed by atoms with Gasteiger partial charge in [0.2, 0.25) is 0 Å². The number of fused-ring (bicyclic) bond motifs is 1. The predicted molar refractivity (Wildman–Crippen MR) is 91.9 cm³/mol. The largest absolute Gasteiger partial charge is 0.494 e. The molecule has 0 saturated heterocycles. The van der Waals surface area contributed by atoms with Crippen molar-refractivity contribution < 1.29 is 9.53 Å². The van der Waals surface area contributed by atoms with Crippen LogP contribution < -0.4 is 10.1 Å². The van der Waals surface area contributed by atoms with E-state index in [1.165, 1.54) is 10.9 Å². The molecule has 118 valence electrons. The molecular weight excluding hydrogens is 288 g/mol. The highest BCUT2D eigenvalue weighted by Crippen LogP contribution is 2.18. The van der Waals surface area contributed by atoms with E-state index in [4.69, 9.17) is 4.74 Å².